The molecule has 1 aromatic carbocycles. The van der Waals surface area contributed by atoms with Gasteiger partial charge in [-0.2, -0.15) is 0 Å². The summed E-state index contributed by atoms with van der Waals surface area (Å²) in [6.07, 6.45) is 2.68. The molecule has 1 aromatic heterocycles. The molecule has 0 N–H and O–H groups in total. The Labute approximate surface area is 115 Å². The van der Waals surface area contributed by atoms with E-state index in [0.717, 1.165) is 5.56 Å². The topological polar surface area (TPSA) is 65.9 Å². The van der Waals surface area contributed by atoms with Crippen LogP contribution in [0.25, 0.3) is 11.3 Å². The monoisotopic (exact) mass is 222 g/mol. The van der Waals surface area contributed by atoms with Crippen molar-refractivity contribution in [3.8, 4) is 11.3 Å². The molecule has 0 aliphatic carbocycles. The quantitative estimate of drug-likeness (QED) is 0.527. The van der Waals surface area contributed by atoms with Crippen LogP contribution in [-0.4, -0.2) is 15.9 Å². The van der Waals surface area contributed by atoms with Gasteiger partial charge in [0.1, 0.15) is 5.69 Å². The number of carboxylic acid groups (broad SMARTS) is 1. The second kappa shape index (κ2) is 5.75. The Bertz CT molecular complexity index is 488. The predicted octanol–water partition coefficient (Wildman–Crippen LogP) is -2.49. The van der Waals surface area contributed by atoms with E-state index in [1.165, 1.54) is 12.4 Å². The first kappa shape index (κ1) is 12.8. The van der Waals surface area contributed by atoms with Gasteiger partial charge in [-0.3, -0.25) is 4.98 Å². The van der Waals surface area contributed by atoms with E-state index in [9.17, 15) is 9.90 Å². The summed E-state index contributed by atoms with van der Waals surface area (Å²) < 4.78 is 0. The fraction of sp³-hybridized carbons (Fsp3) is 0. The largest absolute Gasteiger partial charge is 1.00 e. The summed E-state index contributed by atoms with van der Waals surface area (Å²) in [5.41, 5.74) is 1.20. The molecule has 0 spiro atoms. The fourth-order valence-electron chi connectivity index (χ4n) is 1.21. The summed E-state index contributed by atoms with van der Waals surface area (Å²) in [6, 6.07) is 9.25. The number of nitrogens with zero attached hydrogens (tertiary/aromatic N) is 2. The van der Waals surface area contributed by atoms with Gasteiger partial charge in [0.05, 0.1) is 24.1 Å². The molecule has 0 fully saturated rings. The maximum atomic E-state index is 10.6. The molecule has 74 valence electrons. The zero-order valence-corrected chi connectivity index (χ0v) is 10.8. The van der Waals surface area contributed by atoms with Crippen LogP contribution in [0.3, 0.4) is 0 Å². The molecular weight excluding hydrogens is 215 g/mol. The van der Waals surface area contributed by atoms with Crippen LogP contribution >= 0.6 is 0 Å². The number of aromatic nitrogens is 2. The first-order valence-electron chi connectivity index (χ1n) is 4.36. The van der Waals surface area contributed by atoms with Crippen molar-refractivity contribution < 1.29 is 39.5 Å². The van der Waals surface area contributed by atoms with Crippen LogP contribution in [0.2, 0.25) is 0 Å². The zero-order chi connectivity index (χ0) is 10.7. The minimum Gasteiger partial charge on any atom is -0.543 e. The van der Waals surface area contributed by atoms with Gasteiger partial charge in [0, 0.05) is 5.56 Å². The molecule has 0 saturated carbocycles. The van der Waals surface area contributed by atoms with E-state index in [0.29, 0.717) is 5.69 Å². The van der Waals surface area contributed by atoms with E-state index in [4.69, 9.17) is 0 Å². The SMILES string of the molecule is O=C([O-])c1cncc(-c2ccccc2)n1.[Na+]. The van der Waals surface area contributed by atoms with Crippen LogP contribution < -0.4 is 34.7 Å². The smallest absolute Gasteiger partial charge is 0.543 e. The Balaban J connectivity index is 0.00000128. The van der Waals surface area contributed by atoms with E-state index in [2.05, 4.69) is 9.97 Å². The predicted molar refractivity (Wildman–Crippen MR) is 51.8 cm³/mol. The summed E-state index contributed by atoms with van der Waals surface area (Å²) in [6.45, 7) is 0. The molecule has 5 heteroatoms. The maximum Gasteiger partial charge on any atom is 1.00 e. The molecule has 4 nitrogen and oxygen atoms in total. The van der Waals surface area contributed by atoms with Crippen LogP contribution in [0.4, 0.5) is 0 Å². The van der Waals surface area contributed by atoms with Gasteiger partial charge in [-0.25, -0.2) is 4.98 Å². The average Bonchev–Trinajstić information content (AvgIpc) is 2.30. The van der Waals surface area contributed by atoms with Crippen molar-refractivity contribution in [2.75, 3.05) is 0 Å². The van der Waals surface area contributed by atoms with Crippen LogP contribution in [0, 0.1) is 0 Å². The van der Waals surface area contributed by atoms with Crippen molar-refractivity contribution in [2.24, 2.45) is 0 Å². The Morgan fingerprint density at radius 1 is 1.12 bits per heavy atom. The van der Waals surface area contributed by atoms with Crippen molar-refractivity contribution >= 4 is 5.97 Å². The molecule has 0 unspecified atom stereocenters. The third-order valence-electron chi connectivity index (χ3n) is 1.91. The molecule has 1 heterocycles. The summed E-state index contributed by atoms with van der Waals surface area (Å²) >= 11 is 0. The van der Waals surface area contributed by atoms with Gasteiger partial charge in [-0.15, -0.1) is 0 Å². The Morgan fingerprint density at radius 3 is 2.44 bits per heavy atom. The zero-order valence-electron chi connectivity index (χ0n) is 8.75. The van der Waals surface area contributed by atoms with E-state index in [1.54, 1.807) is 0 Å². The molecule has 2 rings (SSSR count). The van der Waals surface area contributed by atoms with Gasteiger partial charge in [-0.05, 0) is 0 Å². The number of hydrogen-bond acceptors (Lipinski definition) is 4. The van der Waals surface area contributed by atoms with Crippen molar-refractivity contribution in [1.82, 2.24) is 9.97 Å². The molecule has 0 bridgehead atoms. The van der Waals surface area contributed by atoms with E-state index in [1.807, 2.05) is 30.3 Å². The van der Waals surface area contributed by atoms with Crippen LogP contribution in [0.15, 0.2) is 42.7 Å². The minimum atomic E-state index is -1.32. The van der Waals surface area contributed by atoms with Gasteiger partial charge in [-0.1, -0.05) is 30.3 Å². The third-order valence-corrected chi connectivity index (χ3v) is 1.91. The molecule has 16 heavy (non-hydrogen) atoms. The number of carbonyl (C=O) groups is 1. The number of benzene rings is 1. The van der Waals surface area contributed by atoms with Crippen LogP contribution in [-0.2, 0) is 0 Å². The average molecular weight is 222 g/mol. The van der Waals surface area contributed by atoms with Gasteiger partial charge in [0.2, 0.25) is 0 Å². The van der Waals surface area contributed by atoms with Crippen molar-refractivity contribution in [2.45, 2.75) is 0 Å². The van der Waals surface area contributed by atoms with Crippen molar-refractivity contribution in [1.29, 1.82) is 0 Å². The summed E-state index contributed by atoms with van der Waals surface area (Å²) in [5, 5.41) is 10.6. The molecule has 0 aliphatic heterocycles. The van der Waals surface area contributed by atoms with Crippen molar-refractivity contribution in [3.05, 3.63) is 48.4 Å². The first-order chi connectivity index (χ1) is 7.27. The molecule has 0 aliphatic rings. The number of carboxylic acids is 1. The third kappa shape index (κ3) is 2.88. The molecule has 0 saturated heterocycles. The first-order valence-corrected chi connectivity index (χ1v) is 4.36. The van der Waals surface area contributed by atoms with E-state index in [-0.39, 0.29) is 35.3 Å². The second-order valence-electron chi connectivity index (χ2n) is 2.94. The Morgan fingerprint density at radius 2 is 1.81 bits per heavy atom. The minimum absolute atomic E-state index is 0. The van der Waals surface area contributed by atoms with Gasteiger partial charge in [0.15, 0.2) is 0 Å². The van der Waals surface area contributed by atoms with E-state index < -0.39 is 5.97 Å². The summed E-state index contributed by atoms with van der Waals surface area (Å²) in [7, 11) is 0. The molecule has 0 radical (unpaired) electrons. The van der Waals surface area contributed by atoms with Gasteiger partial charge < -0.3 is 9.90 Å². The summed E-state index contributed by atoms with van der Waals surface area (Å²) in [5.74, 6) is -1.32. The molecule has 0 atom stereocenters. The number of aromatic carboxylic acids is 1. The van der Waals surface area contributed by atoms with E-state index >= 15 is 0 Å². The number of rotatable bonds is 2. The fourth-order valence-corrected chi connectivity index (χ4v) is 1.21. The molecule has 0 amide bonds. The molecular formula is C11H7N2NaO2. The molecule has 2 aromatic rings. The van der Waals surface area contributed by atoms with Gasteiger partial charge >= 0.3 is 29.6 Å². The number of carbonyl (C=O) groups excluding carboxylic acids is 1. The second-order valence-corrected chi connectivity index (χ2v) is 2.94. The Kier molecular flexibility index (Phi) is 4.61. The standard InChI is InChI=1S/C11H8N2O2.Na/c14-11(15)10-7-12-6-9(13-10)8-4-2-1-3-5-8;/h1-7H,(H,14,15);/q;+1/p-1. The van der Waals surface area contributed by atoms with Crippen LogP contribution in [0.5, 0.6) is 0 Å². The van der Waals surface area contributed by atoms with Crippen molar-refractivity contribution in [3.63, 3.8) is 0 Å². The summed E-state index contributed by atoms with van der Waals surface area (Å²) in [4.78, 5) is 18.3. The maximum absolute atomic E-state index is 10.6. The van der Waals surface area contributed by atoms with Gasteiger partial charge in [0.25, 0.3) is 0 Å². The number of hydrogen-bond donors (Lipinski definition) is 0. The normalized spacial score (nSPS) is 9.25. The Hall–Kier alpha value is -1.23. The van der Waals surface area contributed by atoms with Crippen LogP contribution in [0.1, 0.15) is 10.5 Å².